The maximum atomic E-state index is 10.2. The van der Waals surface area contributed by atoms with Crippen LogP contribution in [0.5, 0.6) is 11.5 Å². The van der Waals surface area contributed by atoms with Crippen molar-refractivity contribution in [2.45, 2.75) is 57.8 Å². The molecule has 0 spiro atoms. The molecule has 4 atom stereocenters. The first-order chi connectivity index (χ1) is 13.0. The van der Waals surface area contributed by atoms with Crippen molar-refractivity contribution >= 4 is 0 Å². The van der Waals surface area contributed by atoms with Crippen LogP contribution in [0.25, 0.3) is 0 Å². The Balaban J connectivity index is 1.78. The predicted octanol–water partition coefficient (Wildman–Crippen LogP) is 3.88. The fourth-order valence-electron chi connectivity index (χ4n) is 3.94. The van der Waals surface area contributed by atoms with Gasteiger partial charge in [-0.1, -0.05) is 37.6 Å². The molecule has 0 heterocycles. The highest BCUT2D eigenvalue weighted by atomic mass is 16.5. The van der Waals surface area contributed by atoms with Gasteiger partial charge in [0.1, 0.15) is 17.6 Å². The van der Waals surface area contributed by atoms with Crippen molar-refractivity contribution in [2.24, 2.45) is 5.92 Å². The lowest BCUT2D eigenvalue weighted by Crippen LogP contribution is -2.44. The van der Waals surface area contributed by atoms with Gasteiger partial charge >= 0.3 is 0 Å². The van der Waals surface area contributed by atoms with Crippen molar-refractivity contribution in [3.8, 4) is 11.5 Å². The lowest BCUT2D eigenvalue weighted by atomic mass is 9.81. The van der Waals surface area contributed by atoms with Crippen LogP contribution in [0.4, 0.5) is 0 Å². The van der Waals surface area contributed by atoms with Gasteiger partial charge in [0.25, 0.3) is 0 Å². The maximum absolute atomic E-state index is 10.2. The summed E-state index contributed by atoms with van der Waals surface area (Å²) in [4.78, 5) is 0. The van der Waals surface area contributed by atoms with Gasteiger partial charge < -0.3 is 19.7 Å². The minimum Gasteiger partial charge on any atom is -0.497 e. The van der Waals surface area contributed by atoms with Crippen LogP contribution in [-0.4, -0.2) is 35.6 Å². The number of ether oxygens (including phenoxy) is 2. The van der Waals surface area contributed by atoms with E-state index in [4.69, 9.17) is 9.47 Å². The molecule has 1 fully saturated rings. The fourth-order valence-corrected chi connectivity index (χ4v) is 3.94. The number of methoxy groups -OCH3 is 1. The molecule has 1 unspecified atom stereocenters. The first-order valence-corrected chi connectivity index (χ1v) is 9.76. The summed E-state index contributed by atoms with van der Waals surface area (Å²) in [6.45, 7) is 4.14. The Morgan fingerprint density at radius 3 is 2.44 bits per heavy atom. The van der Waals surface area contributed by atoms with Crippen molar-refractivity contribution in [2.75, 3.05) is 7.11 Å². The van der Waals surface area contributed by atoms with E-state index in [-0.39, 0.29) is 12.0 Å². The Morgan fingerprint density at radius 1 is 1.04 bits per heavy atom. The number of aliphatic hydroxyl groups excluding tert-OH is 2. The van der Waals surface area contributed by atoms with Crippen LogP contribution in [0.15, 0.2) is 42.5 Å². The van der Waals surface area contributed by atoms with E-state index in [1.54, 1.807) is 7.11 Å². The molecule has 0 radical (unpaired) electrons. The zero-order chi connectivity index (χ0) is 19.4. The summed E-state index contributed by atoms with van der Waals surface area (Å²) < 4.78 is 11.6. The van der Waals surface area contributed by atoms with Gasteiger partial charge in [0.15, 0.2) is 0 Å². The molecule has 1 saturated carbocycles. The van der Waals surface area contributed by atoms with Gasteiger partial charge in [-0.05, 0) is 48.6 Å². The molecule has 27 heavy (non-hydrogen) atoms. The largest absolute Gasteiger partial charge is 0.497 e. The van der Waals surface area contributed by atoms with Crippen LogP contribution in [0.2, 0.25) is 0 Å². The van der Waals surface area contributed by atoms with E-state index in [0.29, 0.717) is 6.42 Å². The van der Waals surface area contributed by atoms with Gasteiger partial charge in [-0.15, -0.1) is 0 Å². The summed E-state index contributed by atoms with van der Waals surface area (Å²) in [5, 5.41) is 20.3. The van der Waals surface area contributed by atoms with E-state index in [2.05, 4.69) is 25.1 Å². The molecule has 0 aliphatic heterocycles. The first kappa shape index (κ1) is 19.7. The average Bonchev–Trinajstić information content (AvgIpc) is 2.67. The van der Waals surface area contributed by atoms with Crippen molar-refractivity contribution < 1.29 is 19.7 Å². The Kier molecular flexibility index (Phi) is 6.40. The van der Waals surface area contributed by atoms with E-state index >= 15 is 0 Å². The molecular weight excluding hydrogens is 340 g/mol. The second kappa shape index (κ2) is 8.77. The van der Waals surface area contributed by atoms with E-state index in [0.717, 1.165) is 36.3 Å². The predicted molar refractivity (Wildman–Crippen MR) is 106 cm³/mol. The van der Waals surface area contributed by atoms with Gasteiger partial charge in [0, 0.05) is 18.4 Å². The summed E-state index contributed by atoms with van der Waals surface area (Å²) >= 11 is 0. The Hall–Kier alpha value is -2.04. The molecule has 2 aromatic carbocycles. The fraction of sp³-hybridized carbons (Fsp3) is 0.478. The highest BCUT2D eigenvalue weighted by molar-refractivity contribution is 5.43. The van der Waals surface area contributed by atoms with Gasteiger partial charge in [0.2, 0.25) is 0 Å². The van der Waals surface area contributed by atoms with E-state index in [1.807, 2.05) is 31.2 Å². The minimum atomic E-state index is -0.719. The molecule has 0 aromatic heterocycles. The van der Waals surface area contributed by atoms with Crippen LogP contribution < -0.4 is 9.47 Å². The zero-order valence-corrected chi connectivity index (χ0v) is 16.4. The third-order valence-electron chi connectivity index (χ3n) is 5.67. The van der Waals surface area contributed by atoms with Crippen LogP contribution in [0.3, 0.4) is 0 Å². The molecule has 146 valence electrons. The number of hydrogen-bond donors (Lipinski definition) is 2. The van der Waals surface area contributed by atoms with E-state index in [1.165, 1.54) is 11.1 Å². The summed E-state index contributed by atoms with van der Waals surface area (Å²) in [5.74, 6) is 1.79. The Morgan fingerprint density at radius 2 is 1.78 bits per heavy atom. The molecule has 1 aliphatic carbocycles. The molecule has 3 rings (SSSR count). The van der Waals surface area contributed by atoms with Crippen molar-refractivity contribution in [3.63, 3.8) is 0 Å². The molecule has 4 heteroatoms. The monoisotopic (exact) mass is 370 g/mol. The number of aliphatic hydroxyl groups is 2. The van der Waals surface area contributed by atoms with Crippen LogP contribution >= 0.6 is 0 Å². The number of rotatable bonds is 6. The summed E-state index contributed by atoms with van der Waals surface area (Å²) in [7, 11) is 1.67. The molecule has 2 N–H and O–H groups in total. The van der Waals surface area contributed by atoms with E-state index in [9.17, 15) is 10.2 Å². The second-order valence-corrected chi connectivity index (χ2v) is 7.51. The highest BCUT2D eigenvalue weighted by Crippen LogP contribution is 2.33. The standard InChI is InChI=1S/C23H30O4/c1-4-17-13-19(14-21(24)23(17)25)27-22-7-5-6-15(2)20(22)12-16-8-10-18(26-3)11-9-16/h5-11,17,19,21,23-25H,4,12-14H2,1-3H3/t17-,19+,21?,23+/m0/s1. The quantitative estimate of drug-likeness (QED) is 0.810. The summed E-state index contributed by atoms with van der Waals surface area (Å²) in [6.07, 6.45) is 1.41. The van der Waals surface area contributed by atoms with Gasteiger partial charge in [0.05, 0.1) is 19.3 Å². The minimum absolute atomic E-state index is 0.0774. The smallest absolute Gasteiger partial charge is 0.123 e. The van der Waals surface area contributed by atoms with Crippen molar-refractivity contribution in [3.05, 3.63) is 59.2 Å². The maximum Gasteiger partial charge on any atom is 0.123 e. The Labute approximate surface area is 161 Å². The molecule has 1 aliphatic rings. The number of hydrogen-bond acceptors (Lipinski definition) is 4. The average molecular weight is 370 g/mol. The van der Waals surface area contributed by atoms with Crippen molar-refractivity contribution in [1.82, 2.24) is 0 Å². The lowest BCUT2D eigenvalue weighted by molar-refractivity contribution is -0.0782. The summed E-state index contributed by atoms with van der Waals surface area (Å²) in [6, 6.07) is 14.2. The van der Waals surface area contributed by atoms with Crippen LogP contribution in [-0.2, 0) is 6.42 Å². The molecule has 2 aromatic rings. The highest BCUT2D eigenvalue weighted by Gasteiger charge is 2.36. The summed E-state index contributed by atoms with van der Waals surface area (Å²) in [5.41, 5.74) is 3.54. The SMILES string of the molecule is CC[C@H]1C[C@@H](Oc2cccc(C)c2Cc2ccc(OC)cc2)CC(O)[C@@H]1O. The van der Waals surface area contributed by atoms with Crippen LogP contribution in [0.1, 0.15) is 42.9 Å². The number of benzene rings is 2. The Bertz CT molecular complexity index is 741. The van der Waals surface area contributed by atoms with Gasteiger partial charge in [-0.2, -0.15) is 0 Å². The van der Waals surface area contributed by atoms with Gasteiger partial charge in [-0.3, -0.25) is 0 Å². The van der Waals surface area contributed by atoms with Gasteiger partial charge in [-0.25, -0.2) is 0 Å². The molecular formula is C23H30O4. The van der Waals surface area contributed by atoms with Crippen molar-refractivity contribution in [1.29, 1.82) is 0 Å². The topological polar surface area (TPSA) is 58.9 Å². The molecule has 4 nitrogen and oxygen atoms in total. The third kappa shape index (κ3) is 4.63. The molecule has 0 saturated heterocycles. The first-order valence-electron chi connectivity index (χ1n) is 9.76. The van der Waals surface area contributed by atoms with Crippen LogP contribution in [0, 0.1) is 12.8 Å². The normalized spacial score (nSPS) is 25.2. The third-order valence-corrected chi connectivity index (χ3v) is 5.67. The van der Waals surface area contributed by atoms with E-state index < -0.39 is 12.2 Å². The second-order valence-electron chi connectivity index (χ2n) is 7.51. The number of aryl methyl sites for hydroxylation is 1. The molecule has 0 amide bonds. The molecule has 0 bridgehead atoms. The lowest BCUT2D eigenvalue weighted by Gasteiger charge is -2.36. The zero-order valence-electron chi connectivity index (χ0n) is 16.4.